The second-order valence-electron chi connectivity index (χ2n) is 10.9. The normalized spacial score (nSPS) is 31.7. The highest BCUT2D eigenvalue weighted by atomic mass is 19.3. The number of hydrogen-bond acceptors (Lipinski definition) is 3. The molecule has 190 valence electrons. The topological polar surface area (TPSA) is 35.5 Å². The van der Waals surface area contributed by atoms with E-state index < -0.39 is 18.2 Å². The van der Waals surface area contributed by atoms with Crippen LogP contribution in [0.2, 0.25) is 0 Å². The van der Waals surface area contributed by atoms with Crippen molar-refractivity contribution in [1.29, 1.82) is 0 Å². The summed E-state index contributed by atoms with van der Waals surface area (Å²) >= 11 is 0. The van der Waals surface area contributed by atoms with E-state index in [9.17, 15) is 18.0 Å². The van der Waals surface area contributed by atoms with E-state index in [0.29, 0.717) is 5.92 Å². The van der Waals surface area contributed by atoms with Gasteiger partial charge in [0.25, 0.3) is 0 Å². The Morgan fingerprint density at radius 2 is 1.59 bits per heavy atom. The van der Waals surface area contributed by atoms with Crippen molar-refractivity contribution in [2.75, 3.05) is 0 Å². The van der Waals surface area contributed by atoms with Gasteiger partial charge in [-0.15, -0.1) is 0 Å². The van der Waals surface area contributed by atoms with Crippen LogP contribution in [0.3, 0.4) is 0 Å². The van der Waals surface area contributed by atoms with Crippen LogP contribution in [0, 0.1) is 41.3 Å². The van der Waals surface area contributed by atoms with Gasteiger partial charge in [-0.25, -0.2) is 4.39 Å². The van der Waals surface area contributed by atoms with Crippen molar-refractivity contribution in [2.45, 2.75) is 97.0 Å². The summed E-state index contributed by atoms with van der Waals surface area (Å²) < 4.78 is 47.9. The molecule has 3 aliphatic carbocycles. The Balaban J connectivity index is 1.22. The van der Waals surface area contributed by atoms with Crippen molar-refractivity contribution in [1.82, 2.24) is 0 Å². The van der Waals surface area contributed by atoms with Crippen LogP contribution >= 0.6 is 0 Å². The molecule has 0 bridgehead atoms. The largest absolute Gasteiger partial charge is 0.432 e. The van der Waals surface area contributed by atoms with Gasteiger partial charge in [-0.3, -0.25) is 4.79 Å². The Morgan fingerprint density at radius 1 is 0.941 bits per heavy atom. The van der Waals surface area contributed by atoms with E-state index in [1.165, 1.54) is 63.9 Å². The molecule has 4 atom stereocenters. The maximum absolute atomic E-state index is 13.9. The monoisotopic (exact) mass is 480 g/mol. The standard InChI is InChI=1S/C28H39F3O3/c1-2-3-4-18-5-6-23-16-22(12-11-21(23)15-18)19-7-9-20(10-8-19)27(32)33-24-13-14-26(25(29)17-24)34-28(30)31/h13-14,17-23,28H,2-12,15-16H2,1H3. The molecule has 3 aliphatic rings. The fourth-order valence-electron chi connectivity index (χ4n) is 6.97. The number of ether oxygens (including phenoxy) is 2. The van der Waals surface area contributed by atoms with Crippen LogP contribution in [-0.4, -0.2) is 12.6 Å². The van der Waals surface area contributed by atoms with Gasteiger partial charge in [0.1, 0.15) is 5.75 Å². The van der Waals surface area contributed by atoms with Gasteiger partial charge in [0.15, 0.2) is 11.6 Å². The number of rotatable bonds is 8. The highest BCUT2D eigenvalue weighted by Gasteiger charge is 2.39. The molecule has 0 amide bonds. The maximum atomic E-state index is 13.9. The van der Waals surface area contributed by atoms with Gasteiger partial charge >= 0.3 is 12.6 Å². The molecule has 34 heavy (non-hydrogen) atoms. The molecule has 0 aromatic heterocycles. The highest BCUT2D eigenvalue weighted by molar-refractivity contribution is 5.75. The number of alkyl halides is 2. The van der Waals surface area contributed by atoms with Crippen molar-refractivity contribution < 1.29 is 27.4 Å². The van der Waals surface area contributed by atoms with Crippen LogP contribution in [0.25, 0.3) is 0 Å². The molecule has 3 saturated carbocycles. The SMILES string of the molecule is CCCCC1CCC2CC(C3CCC(C(=O)Oc4ccc(OC(F)F)c(F)c4)CC3)CCC2C1. The summed E-state index contributed by atoms with van der Waals surface area (Å²) in [6.45, 7) is -0.814. The number of unbranched alkanes of at least 4 members (excludes halogenated alkanes) is 1. The number of esters is 1. The molecular formula is C28H39F3O3. The first-order valence-electron chi connectivity index (χ1n) is 13.4. The van der Waals surface area contributed by atoms with E-state index in [-0.39, 0.29) is 17.6 Å². The summed E-state index contributed by atoms with van der Waals surface area (Å²) in [5, 5.41) is 0. The van der Waals surface area contributed by atoms with Gasteiger partial charge in [-0.05, 0) is 99.5 Å². The Hall–Kier alpha value is -1.72. The zero-order valence-corrected chi connectivity index (χ0v) is 20.3. The van der Waals surface area contributed by atoms with E-state index in [1.807, 2.05) is 0 Å². The van der Waals surface area contributed by atoms with Crippen LogP contribution < -0.4 is 9.47 Å². The van der Waals surface area contributed by atoms with Crippen LogP contribution in [0.1, 0.15) is 90.4 Å². The lowest BCUT2D eigenvalue weighted by Gasteiger charge is -2.45. The summed E-state index contributed by atoms with van der Waals surface area (Å²) in [7, 11) is 0. The number of hydrogen-bond donors (Lipinski definition) is 0. The Kier molecular flexibility index (Phi) is 8.81. The second-order valence-corrected chi connectivity index (χ2v) is 10.9. The first-order valence-corrected chi connectivity index (χ1v) is 13.4. The molecular weight excluding hydrogens is 441 g/mol. The maximum Gasteiger partial charge on any atom is 0.387 e. The third-order valence-electron chi connectivity index (χ3n) is 8.84. The quantitative estimate of drug-likeness (QED) is 0.278. The number of fused-ring (bicyclic) bond motifs is 1. The molecule has 1 aromatic rings. The molecule has 4 rings (SSSR count). The smallest absolute Gasteiger partial charge is 0.387 e. The number of benzene rings is 1. The summed E-state index contributed by atoms with van der Waals surface area (Å²) in [6, 6.07) is 3.28. The van der Waals surface area contributed by atoms with E-state index in [4.69, 9.17) is 4.74 Å². The van der Waals surface area contributed by atoms with E-state index >= 15 is 0 Å². The molecule has 0 N–H and O–H groups in total. The Morgan fingerprint density at radius 3 is 2.26 bits per heavy atom. The van der Waals surface area contributed by atoms with Crippen molar-refractivity contribution in [3.63, 3.8) is 0 Å². The molecule has 0 spiro atoms. The van der Waals surface area contributed by atoms with Crippen LogP contribution in [0.15, 0.2) is 18.2 Å². The van der Waals surface area contributed by atoms with Crippen molar-refractivity contribution >= 4 is 5.97 Å². The predicted molar refractivity (Wildman–Crippen MR) is 125 cm³/mol. The lowest BCUT2D eigenvalue weighted by Crippen LogP contribution is -2.35. The zero-order valence-electron chi connectivity index (χ0n) is 20.3. The second kappa shape index (κ2) is 11.8. The molecule has 0 radical (unpaired) electrons. The Bertz CT molecular complexity index is 806. The molecule has 0 saturated heterocycles. The molecule has 3 fully saturated rings. The fraction of sp³-hybridized carbons (Fsp3) is 0.750. The number of halogens is 3. The summed E-state index contributed by atoms with van der Waals surface area (Å²) in [4.78, 5) is 12.6. The first-order chi connectivity index (χ1) is 16.4. The molecule has 6 heteroatoms. The summed E-state index contributed by atoms with van der Waals surface area (Å²) in [6.07, 6.45) is 16.2. The third-order valence-corrected chi connectivity index (χ3v) is 8.84. The Labute approximate surface area is 201 Å². The first kappa shape index (κ1) is 25.4. The average Bonchev–Trinajstić information content (AvgIpc) is 2.84. The van der Waals surface area contributed by atoms with Gasteiger partial charge in [-0.1, -0.05) is 32.6 Å². The minimum Gasteiger partial charge on any atom is -0.432 e. The summed E-state index contributed by atoms with van der Waals surface area (Å²) in [5.74, 6) is 2.27. The van der Waals surface area contributed by atoms with Gasteiger partial charge in [0.2, 0.25) is 0 Å². The number of carbonyl (C=O) groups is 1. The predicted octanol–water partition coefficient (Wildman–Crippen LogP) is 8.16. The molecule has 1 aromatic carbocycles. The van der Waals surface area contributed by atoms with E-state index in [2.05, 4.69) is 11.7 Å². The minimum absolute atomic E-state index is 0.0269. The van der Waals surface area contributed by atoms with Crippen LogP contribution in [-0.2, 0) is 4.79 Å². The summed E-state index contributed by atoms with van der Waals surface area (Å²) in [5.41, 5.74) is 0. The molecule has 0 aliphatic heterocycles. The highest BCUT2D eigenvalue weighted by Crippen LogP contribution is 2.49. The zero-order chi connectivity index (χ0) is 24.1. The van der Waals surface area contributed by atoms with Crippen LogP contribution in [0.4, 0.5) is 13.2 Å². The third kappa shape index (κ3) is 6.48. The molecule has 0 heterocycles. The van der Waals surface area contributed by atoms with Gasteiger partial charge in [0, 0.05) is 6.07 Å². The van der Waals surface area contributed by atoms with Crippen LogP contribution in [0.5, 0.6) is 11.5 Å². The van der Waals surface area contributed by atoms with Crippen molar-refractivity contribution in [3.05, 3.63) is 24.0 Å². The average molecular weight is 481 g/mol. The number of carbonyl (C=O) groups excluding carboxylic acids is 1. The van der Waals surface area contributed by atoms with Gasteiger partial charge in [0.05, 0.1) is 5.92 Å². The van der Waals surface area contributed by atoms with Gasteiger partial charge in [-0.2, -0.15) is 8.78 Å². The minimum atomic E-state index is -3.10. The van der Waals surface area contributed by atoms with E-state index in [0.717, 1.165) is 61.5 Å². The fourth-order valence-corrected chi connectivity index (χ4v) is 6.97. The van der Waals surface area contributed by atoms with Crippen molar-refractivity contribution in [2.24, 2.45) is 35.5 Å². The lowest BCUT2D eigenvalue weighted by molar-refractivity contribution is -0.140. The molecule has 4 unspecified atom stereocenters. The van der Waals surface area contributed by atoms with Gasteiger partial charge < -0.3 is 9.47 Å². The van der Waals surface area contributed by atoms with Crippen molar-refractivity contribution in [3.8, 4) is 11.5 Å². The lowest BCUT2D eigenvalue weighted by atomic mass is 9.60. The molecule has 3 nitrogen and oxygen atoms in total. The van der Waals surface area contributed by atoms with E-state index in [1.54, 1.807) is 0 Å².